The number of aromatic nitrogens is 3. The average molecular weight is 306 g/mol. The van der Waals surface area contributed by atoms with Crippen LogP contribution in [-0.4, -0.2) is 21.3 Å². The van der Waals surface area contributed by atoms with E-state index >= 15 is 0 Å². The molecular weight excluding hydrogens is 286 g/mol. The van der Waals surface area contributed by atoms with E-state index in [1.54, 1.807) is 4.68 Å². The van der Waals surface area contributed by atoms with Crippen molar-refractivity contribution in [1.82, 2.24) is 15.0 Å². The molecule has 21 heavy (non-hydrogen) atoms. The van der Waals surface area contributed by atoms with Gasteiger partial charge in [-0.05, 0) is 12.5 Å². The van der Waals surface area contributed by atoms with Crippen LogP contribution in [-0.2, 0) is 6.54 Å². The molecule has 0 aliphatic rings. The molecule has 0 aliphatic heterocycles. The summed E-state index contributed by atoms with van der Waals surface area (Å²) in [7, 11) is 0. The Morgan fingerprint density at radius 2 is 1.95 bits per heavy atom. The van der Waals surface area contributed by atoms with Gasteiger partial charge < -0.3 is 0 Å². The first kappa shape index (κ1) is 15.7. The van der Waals surface area contributed by atoms with Crippen molar-refractivity contribution < 1.29 is 4.79 Å². The number of carbonyl (C=O) groups is 1. The number of benzene rings is 1. The maximum absolute atomic E-state index is 11.2. The highest BCUT2D eigenvalue weighted by atomic mass is 35.5. The minimum Gasteiger partial charge on any atom is -0.296 e. The Morgan fingerprint density at radius 1 is 1.19 bits per heavy atom. The van der Waals surface area contributed by atoms with E-state index in [0.29, 0.717) is 16.4 Å². The number of aryl methyl sites for hydroxylation is 1. The largest absolute Gasteiger partial charge is 0.296 e. The van der Waals surface area contributed by atoms with Gasteiger partial charge in [0.2, 0.25) is 0 Å². The van der Waals surface area contributed by atoms with Crippen LogP contribution in [0.5, 0.6) is 0 Å². The first-order valence-electron chi connectivity index (χ1n) is 7.41. The highest BCUT2D eigenvalue weighted by Crippen LogP contribution is 2.29. The van der Waals surface area contributed by atoms with Crippen LogP contribution in [0.25, 0.3) is 11.3 Å². The van der Waals surface area contributed by atoms with Crippen molar-refractivity contribution in [2.45, 2.75) is 45.6 Å². The van der Waals surface area contributed by atoms with E-state index in [1.807, 2.05) is 24.3 Å². The molecule has 2 rings (SSSR count). The molecule has 0 amide bonds. The molecular formula is C16H20ClN3O. The highest BCUT2D eigenvalue weighted by Gasteiger charge is 2.16. The number of hydrogen-bond acceptors (Lipinski definition) is 3. The van der Waals surface area contributed by atoms with Gasteiger partial charge in [0, 0.05) is 12.1 Å². The first-order chi connectivity index (χ1) is 10.3. The third-order valence-electron chi connectivity index (χ3n) is 3.48. The van der Waals surface area contributed by atoms with Gasteiger partial charge in [0.1, 0.15) is 5.69 Å². The van der Waals surface area contributed by atoms with Crippen molar-refractivity contribution in [3.05, 3.63) is 35.0 Å². The third kappa shape index (κ3) is 3.91. The lowest BCUT2D eigenvalue weighted by Crippen LogP contribution is -2.03. The van der Waals surface area contributed by atoms with Crippen LogP contribution < -0.4 is 0 Å². The molecule has 1 aromatic carbocycles. The van der Waals surface area contributed by atoms with Gasteiger partial charge in [-0.25, -0.2) is 4.68 Å². The normalized spacial score (nSPS) is 10.8. The van der Waals surface area contributed by atoms with Gasteiger partial charge in [0.15, 0.2) is 12.0 Å². The van der Waals surface area contributed by atoms with Crippen LogP contribution in [0.1, 0.15) is 49.5 Å². The van der Waals surface area contributed by atoms with Crippen LogP contribution in [0.15, 0.2) is 24.3 Å². The van der Waals surface area contributed by atoms with Crippen molar-refractivity contribution in [1.29, 1.82) is 0 Å². The minimum absolute atomic E-state index is 0.344. The van der Waals surface area contributed by atoms with Gasteiger partial charge in [-0.2, -0.15) is 0 Å². The van der Waals surface area contributed by atoms with Crippen LogP contribution >= 0.6 is 11.6 Å². The number of nitrogens with zero attached hydrogens (tertiary/aromatic N) is 3. The number of hydrogen-bond donors (Lipinski definition) is 0. The van der Waals surface area contributed by atoms with E-state index in [2.05, 4.69) is 17.2 Å². The smallest absolute Gasteiger partial charge is 0.172 e. The molecule has 0 aliphatic carbocycles. The van der Waals surface area contributed by atoms with Crippen molar-refractivity contribution >= 4 is 17.9 Å². The van der Waals surface area contributed by atoms with Gasteiger partial charge in [-0.15, -0.1) is 5.10 Å². The van der Waals surface area contributed by atoms with Crippen molar-refractivity contribution in [2.24, 2.45) is 0 Å². The fraction of sp³-hybridized carbons (Fsp3) is 0.438. The van der Waals surface area contributed by atoms with Crippen LogP contribution in [0, 0.1) is 0 Å². The molecule has 4 nitrogen and oxygen atoms in total. The minimum atomic E-state index is 0.344. The van der Waals surface area contributed by atoms with Crippen LogP contribution in [0.4, 0.5) is 0 Å². The zero-order valence-corrected chi connectivity index (χ0v) is 13.0. The lowest BCUT2D eigenvalue weighted by molar-refractivity contribution is 0.111. The summed E-state index contributed by atoms with van der Waals surface area (Å²) in [6.45, 7) is 2.95. The quantitative estimate of drug-likeness (QED) is 0.537. The van der Waals surface area contributed by atoms with E-state index in [-0.39, 0.29) is 0 Å². The zero-order chi connectivity index (χ0) is 15.1. The summed E-state index contributed by atoms with van der Waals surface area (Å²) in [6.07, 6.45) is 6.63. The molecule has 112 valence electrons. The average Bonchev–Trinajstić information content (AvgIpc) is 2.90. The fourth-order valence-corrected chi connectivity index (χ4v) is 2.58. The standard InChI is InChI=1S/C16H20ClN3O/c1-2-3-4-5-8-11-20-16(15(12-21)18-19-20)13-9-6-7-10-14(13)17/h6-7,9-10,12H,2-5,8,11H2,1H3. The van der Waals surface area contributed by atoms with Crippen molar-refractivity contribution in [3.63, 3.8) is 0 Å². The Morgan fingerprint density at radius 3 is 2.67 bits per heavy atom. The van der Waals surface area contributed by atoms with Gasteiger partial charge >= 0.3 is 0 Å². The maximum atomic E-state index is 11.2. The monoisotopic (exact) mass is 305 g/mol. The topological polar surface area (TPSA) is 47.8 Å². The van der Waals surface area contributed by atoms with Crippen LogP contribution in [0.3, 0.4) is 0 Å². The second kappa shape index (κ2) is 7.93. The van der Waals surface area contributed by atoms with Gasteiger partial charge in [0.25, 0.3) is 0 Å². The Balaban J connectivity index is 2.18. The number of rotatable bonds is 8. The molecule has 0 saturated carbocycles. The lowest BCUT2D eigenvalue weighted by Gasteiger charge is -2.08. The predicted molar refractivity (Wildman–Crippen MR) is 84.6 cm³/mol. The molecule has 0 unspecified atom stereocenters. The zero-order valence-electron chi connectivity index (χ0n) is 12.3. The molecule has 2 aromatic rings. The molecule has 0 atom stereocenters. The van der Waals surface area contributed by atoms with Gasteiger partial charge in [0.05, 0.1) is 5.02 Å². The predicted octanol–water partition coefficient (Wildman–Crippen LogP) is 4.38. The van der Waals surface area contributed by atoms with E-state index < -0.39 is 0 Å². The molecule has 0 saturated heterocycles. The summed E-state index contributed by atoms with van der Waals surface area (Å²) in [6, 6.07) is 7.46. The summed E-state index contributed by atoms with van der Waals surface area (Å²) >= 11 is 6.23. The Kier molecular flexibility index (Phi) is 5.93. The van der Waals surface area contributed by atoms with Gasteiger partial charge in [-0.1, -0.05) is 67.6 Å². The summed E-state index contributed by atoms with van der Waals surface area (Å²) in [4.78, 5) is 11.2. The van der Waals surface area contributed by atoms with E-state index in [9.17, 15) is 4.79 Å². The summed E-state index contributed by atoms with van der Waals surface area (Å²) in [5.41, 5.74) is 1.86. The first-order valence-corrected chi connectivity index (χ1v) is 7.79. The summed E-state index contributed by atoms with van der Waals surface area (Å²) in [5.74, 6) is 0. The number of unbranched alkanes of at least 4 members (excludes halogenated alkanes) is 4. The van der Waals surface area contributed by atoms with Crippen molar-refractivity contribution in [2.75, 3.05) is 0 Å². The Bertz CT molecular complexity index is 595. The maximum Gasteiger partial charge on any atom is 0.172 e. The second-order valence-electron chi connectivity index (χ2n) is 5.06. The molecule has 5 heteroatoms. The molecule has 0 fully saturated rings. The SMILES string of the molecule is CCCCCCCn1nnc(C=O)c1-c1ccccc1Cl. The van der Waals surface area contributed by atoms with E-state index in [4.69, 9.17) is 11.6 Å². The molecule has 0 N–H and O–H groups in total. The summed E-state index contributed by atoms with van der Waals surface area (Å²) < 4.78 is 1.79. The molecule has 0 spiro atoms. The number of halogens is 1. The van der Waals surface area contributed by atoms with Crippen molar-refractivity contribution in [3.8, 4) is 11.3 Å². The molecule has 1 heterocycles. The van der Waals surface area contributed by atoms with Gasteiger partial charge in [-0.3, -0.25) is 4.79 Å². The third-order valence-corrected chi connectivity index (χ3v) is 3.80. The molecule has 0 radical (unpaired) electrons. The Hall–Kier alpha value is -1.68. The number of aldehydes is 1. The Labute approximate surface area is 130 Å². The summed E-state index contributed by atoms with van der Waals surface area (Å²) in [5, 5.41) is 8.66. The lowest BCUT2D eigenvalue weighted by atomic mass is 10.1. The molecule has 0 bridgehead atoms. The van der Waals surface area contributed by atoms with Crippen LogP contribution in [0.2, 0.25) is 5.02 Å². The second-order valence-corrected chi connectivity index (χ2v) is 5.47. The van der Waals surface area contributed by atoms with E-state index in [1.165, 1.54) is 19.3 Å². The highest BCUT2D eigenvalue weighted by molar-refractivity contribution is 6.33. The fourth-order valence-electron chi connectivity index (χ4n) is 2.36. The number of carbonyl (C=O) groups excluding carboxylic acids is 1. The van der Waals surface area contributed by atoms with E-state index in [0.717, 1.165) is 31.2 Å². The molecule has 1 aromatic heterocycles.